The van der Waals surface area contributed by atoms with E-state index in [0.29, 0.717) is 30.9 Å². The third-order valence-corrected chi connectivity index (χ3v) is 14.1. The Hall–Kier alpha value is -5.38. The van der Waals surface area contributed by atoms with Gasteiger partial charge in [0, 0.05) is 59.8 Å². The molecule has 0 atom stereocenters. The molecule has 2 heterocycles. The largest absolute Gasteiger partial charge is 0.457 e. The van der Waals surface area contributed by atoms with E-state index in [-0.39, 0.29) is 26.9 Å². The Bertz CT molecular complexity index is 2980. The number of para-hydroxylation sites is 1. The molecule has 69 heavy (non-hydrogen) atoms. The van der Waals surface area contributed by atoms with Gasteiger partial charge in [-0.15, -0.1) is 25.3 Å². The molecule has 0 bridgehead atoms. The van der Waals surface area contributed by atoms with Gasteiger partial charge in [0.25, 0.3) is 20.2 Å². The molecule has 16 nitrogen and oxygen atoms in total. The Labute approximate surface area is 408 Å². The summed E-state index contributed by atoms with van der Waals surface area (Å²) in [5, 5.41) is 0. The number of allylic oxidation sites excluding steroid dienone is 7. The van der Waals surface area contributed by atoms with E-state index < -0.39 is 46.9 Å². The fourth-order valence-corrected chi connectivity index (χ4v) is 9.78. The minimum absolute atomic E-state index is 0.00604. The lowest BCUT2D eigenvalue weighted by Gasteiger charge is -2.27. The normalized spacial score (nSPS) is 17.3. The number of Topliss-reactive ketones (excluding diaryl/α,β-unsaturated/α-hetero) is 1. The van der Waals surface area contributed by atoms with Crippen LogP contribution >= 0.6 is 0 Å². The maximum Gasteiger partial charge on any atom is 0.425 e. The third kappa shape index (κ3) is 14.8. The Balaban J connectivity index is 0.00000120. The molecule has 2 N–H and O–H groups in total. The first-order chi connectivity index (χ1) is 32.2. The summed E-state index contributed by atoms with van der Waals surface area (Å²) in [7, 11) is -15.1. The van der Waals surface area contributed by atoms with Crippen molar-refractivity contribution >= 4 is 64.3 Å². The molecule has 0 saturated heterocycles. The molecule has 1 aliphatic carbocycles. The van der Waals surface area contributed by atoms with Crippen molar-refractivity contribution in [3.63, 3.8) is 0 Å². The van der Waals surface area contributed by atoms with Gasteiger partial charge in [0.15, 0.2) is 5.71 Å². The molecular weight excluding hydrogens is 969 g/mol. The Morgan fingerprint density at radius 1 is 0.768 bits per heavy atom. The van der Waals surface area contributed by atoms with Crippen LogP contribution in [0.25, 0.3) is 0 Å². The smallest absolute Gasteiger partial charge is 0.425 e. The molecule has 0 unspecified atom stereocenters. The van der Waals surface area contributed by atoms with Gasteiger partial charge in [0.05, 0.1) is 15.2 Å². The number of nitrogens with zero attached hydrogens (tertiary/aromatic N) is 2. The lowest BCUT2D eigenvalue weighted by atomic mass is 9.81. The molecular formula is C49H61N2O14S4+. The van der Waals surface area contributed by atoms with Gasteiger partial charge < -0.3 is 9.64 Å². The van der Waals surface area contributed by atoms with E-state index in [1.54, 1.807) is 24.3 Å². The van der Waals surface area contributed by atoms with E-state index in [9.17, 15) is 30.7 Å². The topological polar surface area (TPSA) is 244 Å². The quantitative estimate of drug-likeness (QED) is 0.0729. The summed E-state index contributed by atoms with van der Waals surface area (Å²) in [4.78, 5) is 14.1. The second-order valence-electron chi connectivity index (χ2n) is 18.1. The molecule has 3 aliphatic rings. The zero-order valence-corrected chi connectivity index (χ0v) is 43.1. The lowest BCUT2D eigenvalue weighted by Crippen LogP contribution is -2.28. The second kappa shape index (κ2) is 24.0. The highest BCUT2D eigenvalue weighted by Crippen LogP contribution is 2.49. The Morgan fingerprint density at radius 3 is 1.97 bits per heavy atom. The van der Waals surface area contributed by atoms with Crippen molar-refractivity contribution in [3.05, 3.63) is 125 Å². The molecule has 3 aromatic rings. The van der Waals surface area contributed by atoms with Crippen molar-refractivity contribution in [1.82, 2.24) is 0 Å². The predicted octanol–water partition coefficient (Wildman–Crippen LogP) is 8.81. The number of fused-ring (bicyclic) bond motifs is 2. The summed E-state index contributed by atoms with van der Waals surface area (Å²) in [6.07, 6.45) is 16.0. The zero-order valence-electron chi connectivity index (χ0n) is 39.8. The molecule has 0 radical (unpaired) electrons. The van der Waals surface area contributed by atoms with Gasteiger partial charge in [-0.1, -0.05) is 71.7 Å². The monoisotopic (exact) mass is 1030 g/mol. The SMILES string of the molecule is CCCC[N+]1=C(C=CC2=C(Oc3ccc(S(=O)(=O)O)cc3)C(=CC=C3N(CCCCCC(=O)C(C)C)c4ccc(S(=O)(=O)O)cc4C3(C)C)CCC2)C(C)(C)c2ccccc21.O=S(=O)=O.O=S(=O)=O. The van der Waals surface area contributed by atoms with Crippen LogP contribution in [0.5, 0.6) is 5.75 Å². The summed E-state index contributed by atoms with van der Waals surface area (Å²) in [5.74, 6) is 1.34. The number of benzene rings is 3. The van der Waals surface area contributed by atoms with E-state index in [2.05, 4.69) is 78.8 Å². The van der Waals surface area contributed by atoms with Gasteiger partial charge in [-0.3, -0.25) is 13.9 Å². The average Bonchev–Trinajstić information content (AvgIpc) is 3.61. The molecule has 0 aromatic heterocycles. The van der Waals surface area contributed by atoms with Crippen molar-refractivity contribution in [1.29, 1.82) is 0 Å². The fourth-order valence-electron chi connectivity index (χ4n) is 8.80. The third-order valence-electron chi connectivity index (χ3n) is 12.3. The van der Waals surface area contributed by atoms with Gasteiger partial charge in [-0.05, 0) is 117 Å². The Kier molecular flexibility index (Phi) is 19.5. The lowest BCUT2D eigenvalue weighted by molar-refractivity contribution is -0.438. The van der Waals surface area contributed by atoms with Crippen molar-refractivity contribution in [3.8, 4) is 5.75 Å². The first-order valence-electron chi connectivity index (χ1n) is 22.5. The zero-order chi connectivity index (χ0) is 51.5. The van der Waals surface area contributed by atoms with Crippen LogP contribution in [0.15, 0.2) is 123 Å². The number of carbonyl (C=O) groups excluding carboxylic acids is 1. The minimum atomic E-state index is -4.44. The maximum absolute atomic E-state index is 12.3. The van der Waals surface area contributed by atoms with Crippen molar-refractivity contribution in [2.75, 3.05) is 18.0 Å². The maximum atomic E-state index is 12.3. The van der Waals surface area contributed by atoms with Crippen LogP contribution < -0.4 is 9.64 Å². The van der Waals surface area contributed by atoms with E-state index >= 15 is 0 Å². The van der Waals surface area contributed by atoms with Gasteiger partial charge in [-0.25, -0.2) is 0 Å². The number of ketones is 1. The summed E-state index contributed by atoms with van der Waals surface area (Å²) < 4.78 is 128. The van der Waals surface area contributed by atoms with Gasteiger partial charge in [0.2, 0.25) is 5.69 Å². The summed E-state index contributed by atoms with van der Waals surface area (Å²) in [6, 6.07) is 19.1. The number of ether oxygens (including phenoxy) is 1. The summed E-state index contributed by atoms with van der Waals surface area (Å²) in [6.45, 7) is 16.2. The highest BCUT2D eigenvalue weighted by Gasteiger charge is 2.44. The van der Waals surface area contributed by atoms with Crippen molar-refractivity contribution in [2.45, 2.75) is 127 Å². The van der Waals surface area contributed by atoms with Crippen molar-refractivity contribution in [2.24, 2.45) is 5.92 Å². The van der Waals surface area contributed by atoms with Crippen molar-refractivity contribution < 1.29 is 65.3 Å². The molecule has 0 fully saturated rings. The highest BCUT2D eigenvalue weighted by molar-refractivity contribution is 7.86. The summed E-state index contributed by atoms with van der Waals surface area (Å²) >= 11 is 0. The van der Waals surface area contributed by atoms with Crippen LogP contribution in [-0.4, -0.2) is 80.4 Å². The molecule has 374 valence electrons. The molecule has 6 rings (SSSR count). The van der Waals surface area contributed by atoms with Crippen LogP contribution in [0.2, 0.25) is 0 Å². The first kappa shape index (κ1) is 56.2. The van der Waals surface area contributed by atoms with Gasteiger partial charge in [0.1, 0.15) is 23.8 Å². The molecule has 0 saturated carbocycles. The summed E-state index contributed by atoms with van der Waals surface area (Å²) in [5.41, 5.74) is 7.35. The number of rotatable bonds is 17. The number of unbranched alkanes of at least 4 members (excludes halogenated alkanes) is 3. The predicted molar refractivity (Wildman–Crippen MR) is 262 cm³/mol. The van der Waals surface area contributed by atoms with Crippen LogP contribution in [0.3, 0.4) is 0 Å². The van der Waals surface area contributed by atoms with E-state index in [0.717, 1.165) is 79.6 Å². The highest BCUT2D eigenvalue weighted by atomic mass is 32.2. The van der Waals surface area contributed by atoms with Crippen LogP contribution in [0, 0.1) is 5.92 Å². The van der Waals surface area contributed by atoms with E-state index in [1.165, 1.54) is 35.2 Å². The number of hydrogen-bond donors (Lipinski definition) is 2. The number of hydrogen-bond acceptors (Lipinski definition) is 13. The van der Waals surface area contributed by atoms with E-state index in [1.807, 2.05) is 27.7 Å². The van der Waals surface area contributed by atoms with Gasteiger partial charge in [-0.2, -0.15) is 21.4 Å². The van der Waals surface area contributed by atoms with E-state index in [4.69, 9.17) is 30.0 Å². The minimum Gasteiger partial charge on any atom is -0.457 e. The van der Waals surface area contributed by atoms with Crippen LogP contribution in [-0.2, 0) is 57.1 Å². The molecule has 20 heteroatoms. The van der Waals surface area contributed by atoms with Crippen LogP contribution in [0.1, 0.15) is 117 Å². The fraction of sp³-hybridized carbons (Fsp3) is 0.429. The van der Waals surface area contributed by atoms with Crippen LogP contribution in [0.4, 0.5) is 11.4 Å². The number of carbonyl (C=O) groups is 1. The number of anilines is 1. The van der Waals surface area contributed by atoms with Gasteiger partial charge >= 0.3 is 21.2 Å². The first-order valence-corrected chi connectivity index (χ1v) is 27.4. The molecule has 0 spiro atoms. The molecule has 0 amide bonds. The average molecular weight is 1030 g/mol. The molecule has 2 aliphatic heterocycles. The molecule has 3 aromatic carbocycles. The second-order valence-corrected chi connectivity index (χ2v) is 21.8. The standard InChI is InChI=1S/C49H60N2O8S2.2O3S/c1-8-9-31-50-42-19-13-12-18-40(42)48(4,5)45(50)29-21-35-16-15-17-36(47(35)59-37-23-25-38(26-24-37)60(53,54)55)22-30-46-49(6,7)41-33-39(61(56,57)58)27-28-43(41)51(46)32-14-10-11-20-44(52)34(2)3;2*1-4(2)3/h12-13,18-19,21-30,33-34H,8-11,14-17,20,31-32H2,1-7H3,(H-,53,54,55,56,57,58);;/p+1. The Morgan fingerprint density at radius 2 is 1.38 bits per heavy atom.